The van der Waals surface area contributed by atoms with Crippen LogP contribution < -0.4 is 0 Å². The van der Waals surface area contributed by atoms with E-state index in [1.165, 1.54) is 0 Å². The maximum Gasteiger partial charge on any atom is 0.104 e. The van der Waals surface area contributed by atoms with Crippen LogP contribution in [0.15, 0.2) is 140 Å². The fourth-order valence-corrected chi connectivity index (χ4v) is 7.10. The number of benzene rings is 4. The van der Waals surface area contributed by atoms with E-state index in [-0.39, 0.29) is 6.61 Å². The average Bonchev–Trinajstić information content (AvgIpc) is 4.04. The molecule has 0 saturated carbocycles. The molecule has 0 saturated heterocycles. The molecule has 0 unspecified atom stereocenters. The predicted molar refractivity (Wildman–Crippen MR) is 215 cm³/mol. The summed E-state index contributed by atoms with van der Waals surface area (Å²) < 4.78 is 0. The van der Waals surface area contributed by atoms with Crippen LogP contribution in [-0.2, 0) is 0 Å². The fraction of sp³-hybridized carbons (Fsp3) is 0.0213. The van der Waals surface area contributed by atoms with Crippen molar-refractivity contribution < 1.29 is 5.11 Å². The smallest absolute Gasteiger partial charge is 0.104 e. The molecule has 0 radical (unpaired) electrons. The summed E-state index contributed by atoms with van der Waals surface area (Å²) in [5.74, 6) is 5.77. The summed E-state index contributed by atoms with van der Waals surface area (Å²) in [5, 5.41) is 9.25. The van der Waals surface area contributed by atoms with Crippen molar-refractivity contribution >= 4 is 46.4 Å². The van der Waals surface area contributed by atoms with Crippen LogP contribution in [0.25, 0.3) is 90.9 Å². The average molecular weight is 669 g/mol. The molecule has 0 atom stereocenters. The first-order valence-corrected chi connectivity index (χ1v) is 17.3. The van der Waals surface area contributed by atoms with Crippen molar-refractivity contribution in [3.8, 4) is 56.3 Å². The maximum absolute atomic E-state index is 9.25. The van der Waals surface area contributed by atoms with Crippen LogP contribution in [0.4, 0.5) is 0 Å². The number of aliphatic hydroxyl groups is 1. The normalized spacial score (nSPS) is 11.7. The summed E-state index contributed by atoms with van der Waals surface area (Å²) in [6, 6.07) is 47.9. The van der Waals surface area contributed by atoms with Gasteiger partial charge in [0.05, 0.1) is 22.8 Å². The minimum Gasteiger partial charge on any atom is -0.384 e. The second-order valence-corrected chi connectivity index (χ2v) is 12.6. The van der Waals surface area contributed by atoms with Gasteiger partial charge in [-0.25, -0.2) is 9.97 Å². The fourth-order valence-electron chi connectivity index (χ4n) is 7.10. The van der Waals surface area contributed by atoms with E-state index in [9.17, 15) is 5.11 Å². The lowest BCUT2D eigenvalue weighted by Crippen LogP contribution is -1.89. The van der Waals surface area contributed by atoms with Gasteiger partial charge < -0.3 is 15.1 Å². The molecule has 5 nitrogen and oxygen atoms in total. The van der Waals surface area contributed by atoms with Crippen molar-refractivity contribution in [1.29, 1.82) is 0 Å². The minimum atomic E-state index is -0.182. The summed E-state index contributed by atoms with van der Waals surface area (Å²) in [7, 11) is 0. The van der Waals surface area contributed by atoms with Gasteiger partial charge in [0.25, 0.3) is 0 Å². The highest BCUT2D eigenvalue weighted by Crippen LogP contribution is 2.38. The molecule has 4 aromatic carbocycles. The molecule has 2 aliphatic heterocycles. The topological polar surface area (TPSA) is 77.6 Å². The van der Waals surface area contributed by atoms with Gasteiger partial charge in [-0.1, -0.05) is 115 Å². The van der Waals surface area contributed by atoms with Gasteiger partial charge in [0, 0.05) is 49.9 Å². The number of aliphatic hydroxyl groups excluding tert-OH is 1. The second-order valence-electron chi connectivity index (χ2n) is 12.6. The van der Waals surface area contributed by atoms with Crippen molar-refractivity contribution in [3.05, 3.63) is 168 Å². The summed E-state index contributed by atoms with van der Waals surface area (Å²) in [5.41, 5.74) is 16.3. The molecule has 0 amide bonds. The summed E-state index contributed by atoms with van der Waals surface area (Å²) in [4.78, 5) is 18.3. The van der Waals surface area contributed by atoms with Gasteiger partial charge in [0.15, 0.2) is 0 Å². The van der Waals surface area contributed by atoms with Gasteiger partial charge in [-0.05, 0) is 83.0 Å². The number of hydrogen-bond donors (Lipinski definition) is 3. The van der Waals surface area contributed by atoms with Crippen molar-refractivity contribution in [2.24, 2.45) is 0 Å². The number of aromatic amines is 2. The molecule has 0 aliphatic carbocycles. The molecule has 3 aromatic heterocycles. The van der Waals surface area contributed by atoms with Crippen LogP contribution in [0.5, 0.6) is 0 Å². The van der Waals surface area contributed by atoms with Crippen LogP contribution in [0.1, 0.15) is 28.3 Å². The number of aromatic nitrogens is 4. The number of hydrogen-bond acceptors (Lipinski definition) is 3. The molecule has 9 rings (SSSR count). The third-order valence-electron chi connectivity index (χ3n) is 9.43. The molecular formula is C47H32N4O. The molecule has 5 heteroatoms. The first-order chi connectivity index (χ1) is 25.7. The largest absolute Gasteiger partial charge is 0.384 e. The van der Waals surface area contributed by atoms with Crippen molar-refractivity contribution in [2.45, 2.75) is 0 Å². The number of nitrogens with one attached hydrogen (secondary N) is 2. The first-order valence-electron chi connectivity index (χ1n) is 17.3. The lowest BCUT2D eigenvalue weighted by Gasteiger charge is -2.07. The van der Waals surface area contributed by atoms with Crippen LogP contribution in [0.2, 0.25) is 0 Å². The van der Waals surface area contributed by atoms with Gasteiger partial charge >= 0.3 is 0 Å². The summed E-state index contributed by atoms with van der Waals surface area (Å²) >= 11 is 0. The Bertz CT molecular complexity index is 2710. The van der Waals surface area contributed by atoms with Crippen LogP contribution >= 0.6 is 0 Å². The minimum absolute atomic E-state index is 0.182. The molecule has 7 aromatic rings. The molecule has 5 heterocycles. The van der Waals surface area contributed by atoms with Gasteiger partial charge in [0.1, 0.15) is 6.61 Å². The molecule has 0 fully saturated rings. The third kappa shape index (κ3) is 5.74. The Balaban J connectivity index is 1.44. The SMILES string of the molecule is OCC#Cc1ccc(-c2c3nc(c(-c4ccccc4)c4ccc([nH]4)c(-c4ccccc4)c4nc(c(-c5ccccc5)c5ccc2[nH]5)C=C4)C=C3)cc1. The Morgan fingerprint density at radius 1 is 0.404 bits per heavy atom. The highest BCUT2D eigenvalue weighted by atomic mass is 16.2. The maximum atomic E-state index is 9.25. The number of H-pyrrole nitrogens is 2. The van der Waals surface area contributed by atoms with E-state index < -0.39 is 0 Å². The van der Waals surface area contributed by atoms with Crippen molar-refractivity contribution in [3.63, 3.8) is 0 Å². The highest BCUT2D eigenvalue weighted by molar-refractivity contribution is 5.99. The van der Waals surface area contributed by atoms with Gasteiger partial charge in [-0.2, -0.15) is 0 Å². The monoisotopic (exact) mass is 668 g/mol. The van der Waals surface area contributed by atoms with Crippen molar-refractivity contribution in [2.75, 3.05) is 6.61 Å². The van der Waals surface area contributed by atoms with E-state index >= 15 is 0 Å². The van der Waals surface area contributed by atoms with E-state index in [4.69, 9.17) is 9.97 Å². The Labute approximate surface area is 301 Å². The number of rotatable bonds is 4. The van der Waals surface area contributed by atoms with Gasteiger partial charge in [-0.15, -0.1) is 0 Å². The molecular weight excluding hydrogens is 637 g/mol. The zero-order valence-corrected chi connectivity index (χ0v) is 28.1. The Morgan fingerprint density at radius 3 is 1.06 bits per heavy atom. The van der Waals surface area contributed by atoms with Crippen molar-refractivity contribution in [1.82, 2.24) is 19.9 Å². The summed E-state index contributed by atoms with van der Waals surface area (Å²) in [6.07, 6.45) is 8.44. The standard InChI is InChI=1S/C47H32N4O/c52-30-10-11-31-18-20-35(21-19-31)47-42-28-26-40(50-42)45(33-14-6-2-7-15-33)38-24-22-36(48-38)44(32-12-4-1-5-13-32)37-23-25-39(49-37)46(34-16-8-3-9-17-34)41-27-29-43(47)51-41/h1-9,12-29,48,51-52H,30H2. The van der Waals surface area contributed by atoms with Crippen LogP contribution in [0, 0.1) is 11.8 Å². The zero-order valence-electron chi connectivity index (χ0n) is 28.1. The molecule has 0 spiro atoms. The molecule has 2 aliphatic rings. The number of fused-ring (bicyclic) bond motifs is 8. The third-order valence-corrected chi connectivity index (χ3v) is 9.43. The van der Waals surface area contributed by atoms with Gasteiger partial charge in [0.2, 0.25) is 0 Å². The molecule has 52 heavy (non-hydrogen) atoms. The van der Waals surface area contributed by atoms with E-state index in [2.05, 4.69) is 155 Å². The van der Waals surface area contributed by atoms with Crippen LogP contribution in [0.3, 0.4) is 0 Å². The zero-order chi connectivity index (χ0) is 34.9. The lowest BCUT2D eigenvalue weighted by atomic mass is 10.0. The Kier molecular flexibility index (Phi) is 7.98. The quantitative estimate of drug-likeness (QED) is 0.163. The van der Waals surface area contributed by atoms with E-state index in [0.717, 1.165) is 94.9 Å². The summed E-state index contributed by atoms with van der Waals surface area (Å²) in [6.45, 7) is -0.182. The predicted octanol–water partition coefficient (Wildman–Crippen LogP) is 10.7. The highest BCUT2D eigenvalue weighted by Gasteiger charge is 2.18. The Morgan fingerprint density at radius 2 is 0.731 bits per heavy atom. The van der Waals surface area contributed by atoms with E-state index in [1.807, 2.05) is 30.3 Å². The Hall–Kier alpha value is -7.00. The van der Waals surface area contributed by atoms with Gasteiger partial charge in [-0.3, -0.25) is 0 Å². The number of nitrogens with zero attached hydrogens (tertiary/aromatic N) is 2. The van der Waals surface area contributed by atoms with E-state index in [0.29, 0.717) is 0 Å². The molecule has 8 bridgehead atoms. The van der Waals surface area contributed by atoms with E-state index in [1.54, 1.807) is 0 Å². The first kappa shape index (κ1) is 31.0. The molecule has 3 N–H and O–H groups in total. The van der Waals surface area contributed by atoms with Crippen LogP contribution in [-0.4, -0.2) is 31.6 Å². The lowest BCUT2D eigenvalue weighted by molar-refractivity contribution is 0.350. The molecule has 246 valence electrons. The second kappa shape index (κ2) is 13.4.